The van der Waals surface area contributed by atoms with Gasteiger partial charge in [-0.1, -0.05) is 82.9 Å². The SMILES string of the molecule is CC/C=C\C/C=C\C/C=C\CCCCCCCCSC(CC)(CC)C(=O)NC1CC(C)N(c2ccc(O)c(C(=O)O)c2)C1=O. The van der Waals surface area contributed by atoms with Gasteiger partial charge in [-0.05, 0) is 88.7 Å². The highest BCUT2D eigenvalue weighted by Gasteiger charge is 2.43. The molecule has 1 aromatic rings. The maximum atomic E-state index is 13.5. The fourth-order valence-corrected chi connectivity index (χ4v) is 6.91. The molecule has 1 heterocycles. The van der Waals surface area contributed by atoms with Crippen molar-refractivity contribution in [3.8, 4) is 5.75 Å². The number of thioether (sulfide) groups is 1. The first kappa shape index (κ1) is 37.2. The van der Waals surface area contributed by atoms with Gasteiger partial charge >= 0.3 is 5.97 Å². The summed E-state index contributed by atoms with van der Waals surface area (Å²) < 4.78 is -0.584. The molecule has 44 heavy (non-hydrogen) atoms. The van der Waals surface area contributed by atoms with Gasteiger partial charge in [0.2, 0.25) is 11.8 Å². The lowest BCUT2D eigenvalue weighted by molar-refractivity contribution is -0.128. The zero-order chi connectivity index (χ0) is 32.4. The Morgan fingerprint density at radius 3 is 2.20 bits per heavy atom. The highest BCUT2D eigenvalue weighted by Crippen LogP contribution is 2.35. The van der Waals surface area contributed by atoms with Gasteiger partial charge in [0, 0.05) is 11.7 Å². The van der Waals surface area contributed by atoms with Crippen molar-refractivity contribution in [3.63, 3.8) is 0 Å². The first-order valence-corrected chi connectivity index (χ1v) is 17.5. The average molecular weight is 627 g/mol. The Bertz CT molecular complexity index is 1140. The van der Waals surface area contributed by atoms with Crippen LogP contribution >= 0.6 is 11.8 Å². The van der Waals surface area contributed by atoms with E-state index in [0.29, 0.717) is 24.9 Å². The fourth-order valence-electron chi connectivity index (χ4n) is 5.58. The van der Waals surface area contributed by atoms with Crippen LogP contribution < -0.4 is 10.2 Å². The van der Waals surface area contributed by atoms with Crippen LogP contribution in [0.25, 0.3) is 0 Å². The van der Waals surface area contributed by atoms with E-state index >= 15 is 0 Å². The smallest absolute Gasteiger partial charge is 0.339 e. The van der Waals surface area contributed by atoms with Crippen molar-refractivity contribution < 1.29 is 24.6 Å². The summed E-state index contributed by atoms with van der Waals surface area (Å²) in [6.45, 7) is 8.09. The number of nitrogens with zero attached hydrogens (tertiary/aromatic N) is 1. The average Bonchev–Trinajstić information content (AvgIpc) is 3.28. The molecule has 2 amide bonds. The molecule has 1 aliphatic rings. The number of allylic oxidation sites excluding steroid dienone is 6. The first-order chi connectivity index (χ1) is 21.2. The molecule has 3 N–H and O–H groups in total. The second kappa shape index (κ2) is 20.1. The zero-order valence-electron chi connectivity index (χ0n) is 27.2. The Balaban J connectivity index is 1.73. The highest BCUT2D eigenvalue weighted by atomic mass is 32.2. The van der Waals surface area contributed by atoms with Crippen molar-refractivity contribution in [3.05, 3.63) is 60.2 Å². The first-order valence-electron chi connectivity index (χ1n) is 16.5. The molecule has 2 unspecified atom stereocenters. The molecule has 0 saturated carbocycles. The van der Waals surface area contributed by atoms with Crippen molar-refractivity contribution >= 4 is 35.2 Å². The van der Waals surface area contributed by atoms with Crippen molar-refractivity contribution in [1.82, 2.24) is 5.32 Å². The number of anilines is 1. The third-order valence-corrected chi connectivity index (χ3v) is 10.1. The van der Waals surface area contributed by atoms with Crippen LogP contribution in [0.4, 0.5) is 5.69 Å². The molecule has 7 nitrogen and oxygen atoms in total. The largest absolute Gasteiger partial charge is 0.507 e. The summed E-state index contributed by atoms with van der Waals surface area (Å²) in [5.74, 6) is -1.07. The number of benzene rings is 1. The molecule has 1 fully saturated rings. The number of hydrogen-bond acceptors (Lipinski definition) is 5. The molecule has 0 bridgehead atoms. The second-order valence-corrected chi connectivity index (χ2v) is 13.1. The lowest BCUT2D eigenvalue weighted by Gasteiger charge is -2.31. The predicted molar refractivity (Wildman–Crippen MR) is 184 cm³/mol. The van der Waals surface area contributed by atoms with Crippen molar-refractivity contribution in [2.24, 2.45) is 0 Å². The lowest BCUT2D eigenvalue weighted by Crippen LogP contribution is -2.50. The summed E-state index contributed by atoms with van der Waals surface area (Å²) in [5, 5.41) is 22.3. The van der Waals surface area contributed by atoms with Gasteiger partial charge in [0.25, 0.3) is 0 Å². The van der Waals surface area contributed by atoms with E-state index in [9.17, 15) is 24.6 Å². The Labute approximate surface area is 269 Å². The summed E-state index contributed by atoms with van der Waals surface area (Å²) in [7, 11) is 0. The van der Waals surface area contributed by atoms with E-state index in [1.165, 1.54) is 48.8 Å². The number of carboxylic acid groups (broad SMARTS) is 1. The van der Waals surface area contributed by atoms with Crippen LogP contribution in [-0.2, 0) is 9.59 Å². The van der Waals surface area contributed by atoms with Crippen molar-refractivity contribution in [2.75, 3.05) is 10.7 Å². The minimum atomic E-state index is -1.26. The van der Waals surface area contributed by atoms with E-state index in [1.807, 2.05) is 20.8 Å². The number of amides is 2. The number of nitrogens with one attached hydrogen (secondary N) is 1. The fraction of sp³-hybridized carbons (Fsp3) is 0.583. The van der Waals surface area contributed by atoms with Crippen LogP contribution in [0.5, 0.6) is 5.75 Å². The Morgan fingerprint density at radius 1 is 0.955 bits per heavy atom. The van der Waals surface area contributed by atoms with Gasteiger partial charge in [0.05, 0.1) is 4.75 Å². The van der Waals surface area contributed by atoms with Crippen LogP contribution in [0.3, 0.4) is 0 Å². The van der Waals surface area contributed by atoms with Crippen molar-refractivity contribution in [2.45, 2.75) is 128 Å². The Morgan fingerprint density at radius 2 is 1.57 bits per heavy atom. The molecule has 0 aliphatic carbocycles. The third-order valence-electron chi connectivity index (χ3n) is 8.33. The topological polar surface area (TPSA) is 107 Å². The Kier molecular flexibility index (Phi) is 17.0. The Hall–Kier alpha value is -3.00. The number of unbranched alkanes of at least 4 members (excludes halogenated alkanes) is 6. The summed E-state index contributed by atoms with van der Waals surface area (Å²) >= 11 is 1.70. The van der Waals surface area contributed by atoms with Gasteiger partial charge in [0.1, 0.15) is 17.4 Å². The number of carboxylic acids is 1. The zero-order valence-corrected chi connectivity index (χ0v) is 28.0. The van der Waals surface area contributed by atoms with E-state index in [1.54, 1.807) is 11.8 Å². The number of aromatic hydroxyl groups is 1. The van der Waals surface area contributed by atoms with Crippen LogP contribution in [0.15, 0.2) is 54.7 Å². The van der Waals surface area contributed by atoms with Gasteiger partial charge in [0.15, 0.2) is 0 Å². The van der Waals surface area contributed by atoms with Crippen LogP contribution in [-0.4, -0.2) is 50.6 Å². The quantitative estimate of drug-likeness (QED) is 0.0932. The lowest BCUT2D eigenvalue weighted by atomic mass is 10.0. The summed E-state index contributed by atoms with van der Waals surface area (Å²) in [6, 6.07) is 3.23. The summed E-state index contributed by atoms with van der Waals surface area (Å²) in [4.78, 5) is 39.9. The number of aromatic carboxylic acids is 1. The minimum Gasteiger partial charge on any atom is -0.507 e. The van der Waals surface area contributed by atoms with E-state index in [2.05, 4.69) is 48.7 Å². The van der Waals surface area contributed by atoms with Crippen LogP contribution in [0, 0.1) is 0 Å². The molecule has 1 aliphatic heterocycles. The molecule has 8 heteroatoms. The molecule has 1 aromatic carbocycles. The van der Waals surface area contributed by atoms with Crippen LogP contribution in [0.1, 0.15) is 122 Å². The van der Waals surface area contributed by atoms with Gasteiger partial charge in [-0.3, -0.25) is 9.59 Å². The molecule has 0 aromatic heterocycles. The molecule has 0 spiro atoms. The van der Waals surface area contributed by atoms with Crippen LogP contribution in [0.2, 0.25) is 0 Å². The van der Waals surface area contributed by atoms with E-state index in [0.717, 1.165) is 44.3 Å². The number of hydrogen-bond donors (Lipinski definition) is 3. The minimum absolute atomic E-state index is 0.103. The van der Waals surface area contributed by atoms with Crippen molar-refractivity contribution in [1.29, 1.82) is 0 Å². The number of phenols is 1. The van der Waals surface area contributed by atoms with Gasteiger partial charge in [-0.15, -0.1) is 11.8 Å². The maximum absolute atomic E-state index is 13.5. The van der Waals surface area contributed by atoms with E-state index in [4.69, 9.17) is 0 Å². The normalized spacial score (nSPS) is 17.5. The van der Waals surface area contributed by atoms with Gasteiger partial charge in [-0.2, -0.15) is 0 Å². The summed E-state index contributed by atoms with van der Waals surface area (Å²) in [5.41, 5.74) is 0.140. The molecule has 0 radical (unpaired) electrons. The molecule has 2 atom stereocenters. The van der Waals surface area contributed by atoms with Gasteiger partial charge in [-0.25, -0.2) is 4.79 Å². The maximum Gasteiger partial charge on any atom is 0.339 e. The molecule has 2 rings (SSSR count). The standard InChI is InChI=1S/C36H54N2O5S/c1-5-8-9-10-11-12-13-14-15-16-17-18-19-20-21-22-25-44-36(6-2,7-3)35(43)37-31-26-28(4)38(33(31)40)29-23-24-32(39)30(27-29)34(41)42/h8-9,11-12,14-15,23-24,27-28,31,39H,5-7,10,13,16-22,25-26H2,1-4H3,(H,37,43)(H,41,42)/b9-8-,12-11-,15-14-. The molecular weight excluding hydrogens is 572 g/mol. The monoisotopic (exact) mass is 626 g/mol. The third kappa shape index (κ3) is 11.5. The molecule has 244 valence electrons. The van der Waals surface area contributed by atoms with Gasteiger partial charge < -0.3 is 20.4 Å². The number of carbonyl (C=O) groups excluding carboxylic acids is 2. The van der Waals surface area contributed by atoms with E-state index < -0.39 is 16.8 Å². The predicted octanol–water partition coefficient (Wildman–Crippen LogP) is 8.58. The number of carbonyl (C=O) groups is 3. The highest BCUT2D eigenvalue weighted by molar-refractivity contribution is 8.01. The van der Waals surface area contributed by atoms with E-state index in [-0.39, 0.29) is 29.2 Å². The number of rotatable bonds is 21. The summed E-state index contributed by atoms with van der Waals surface area (Å²) in [6.07, 6.45) is 26.6. The second-order valence-electron chi connectivity index (χ2n) is 11.6. The molecular formula is C36H54N2O5S. The molecule has 1 saturated heterocycles.